The number of carbonyl (C=O) groups is 2. The Kier molecular flexibility index (Phi) is 19.0. The van der Waals surface area contributed by atoms with Crippen molar-refractivity contribution in [3.8, 4) is 17.2 Å². The number of likely N-dealkylation sites (tertiary alicyclic amines) is 2. The maximum absolute atomic E-state index is 12.5. The minimum atomic E-state index is -0.254. The highest BCUT2D eigenvalue weighted by atomic mass is 16.5. The number of Topliss-reactive ketones (excluding diaryl/α,β-unsaturated/α-hetero) is 2. The summed E-state index contributed by atoms with van der Waals surface area (Å²) in [6.07, 6.45) is 16.6. The molecule has 3 fully saturated rings. The van der Waals surface area contributed by atoms with Crippen LogP contribution in [-0.4, -0.2) is 91.3 Å². The number of aromatic hydroxyl groups is 1. The topological polar surface area (TPSA) is 187 Å². The minimum absolute atomic E-state index is 0.00261. The largest absolute Gasteiger partial charge is 0.508 e. The summed E-state index contributed by atoms with van der Waals surface area (Å²) in [5.74, 6) is 1.91. The fourth-order valence-corrected chi connectivity index (χ4v) is 10.8. The second kappa shape index (κ2) is 26.6. The Morgan fingerprint density at radius 3 is 1.47 bits per heavy atom. The van der Waals surface area contributed by atoms with E-state index in [9.17, 15) is 14.7 Å². The molecule has 14 nitrogen and oxygen atoms in total. The van der Waals surface area contributed by atoms with Gasteiger partial charge in [0, 0.05) is 47.2 Å². The van der Waals surface area contributed by atoms with Crippen LogP contribution in [0.3, 0.4) is 0 Å². The van der Waals surface area contributed by atoms with Crippen molar-refractivity contribution >= 4 is 89.1 Å². The summed E-state index contributed by atoms with van der Waals surface area (Å²) in [5.41, 5.74) is 6.14. The number of carbonyl (C=O) groups excluding carboxylic acids is 6. The van der Waals surface area contributed by atoms with Gasteiger partial charge in [0.15, 0.2) is 0 Å². The quantitative estimate of drug-likeness (QED) is 0.107. The molecule has 394 valence electrons. The third-order valence-electron chi connectivity index (χ3n) is 14.4. The van der Waals surface area contributed by atoms with E-state index in [2.05, 4.69) is 66.1 Å². The molecule has 9 aromatic rings. The molecule has 0 spiro atoms. The van der Waals surface area contributed by atoms with Crippen molar-refractivity contribution in [3.05, 3.63) is 126 Å². The van der Waals surface area contributed by atoms with E-state index in [4.69, 9.17) is 41.9 Å². The molecule has 6 aromatic carbocycles. The van der Waals surface area contributed by atoms with Gasteiger partial charge in [0.25, 0.3) is 0 Å². The van der Waals surface area contributed by atoms with E-state index in [1.165, 1.54) is 84.5 Å². The van der Waals surface area contributed by atoms with E-state index in [0.29, 0.717) is 25.2 Å². The van der Waals surface area contributed by atoms with Crippen LogP contribution in [0.15, 0.2) is 123 Å². The monoisotopic (exact) mass is 1030 g/mol. The third kappa shape index (κ3) is 13.1. The number of nitrogens with zero attached hydrogens (tertiary/aromatic N) is 2. The van der Waals surface area contributed by atoms with Crippen LogP contribution in [0.25, 0.3) is 65.2 Å². The number of ether oxygens (including phenoxy) is 2. The Balaban J connectivity index is 0.000000147. The van der Waals surface area contributed by atoms with Gasteiger partial charge in [-0.15, -0.1) is 0 Å². The Labute approximate surface area is 440 Å². The first kappa shape index (κ1) is 54.4. The standard InChI is InChI=1S/C24H25NO4.C21H25NO2.C15H14O2.2CO2/c26-17-4-6-20(22(27)14-17)21-15-29-23-8-3-16-13-18(5-7-19(16)24(21)23)28-12-11-25-9-1-2-10-25;1-2-5-17-15-24-20-9-6-16-14-18(7-8-19(16)21(17)20)23-13-12-22-10-3-4-11-22;1-2-3-11-9-17-14-7-4-10-8-12(16)5-6-13(10)15(11)14;2*2-1-3/h3,5,7-8,13,15,20H,1-2,4,6,9-12,14H2;6-9,14-15H,2-5,10-13H2,1H3;4-9,16H,2-3H2,1H3;;. The number of furan rings is 3. The number of ketones is 2. The molecule has 5 heterocycles. The Bertz CT molecular complexity index is 3480. The molecule has 3 aliphatic rings. The van der Waals surface area contributed by atoms with Gasteiger partial charge in [0.1, 0.15) is 58.8 Å². The van der Waals surface area contributed by atoms with Crippen LogP contribution >= 0.6 is 0 Å². The average molecular weight is 1030 g/mol. The van der Waals surface area contributed by atoms with Gasteiger partial charge in [0.2, 0.25) is 0 Å². The van der Waals surface area contributed by atoms with Crippen molar-refractivity contribution in [2.45, 2.75) is 90.4 Å². The summed E-state index contributed by atoms with van der Waals surface area (Å²) in [5, 5.41) is 19.7. The van der Waals surface area contributed by atoms with Gasteiger partial charge in [-0.25, -0.2) is 0 Å². The molecule has 12 rings (SSSR count). The van der Waals surface area contributed by atoms with E-state index in [1.54, 1.807) is 18.4 Å². The lowest BCUT2D eigenvalue weighted by Crippen LogP contribution is -2.25. The van der Waals surface area contributed by atoms with Crippen LogP contribution in [0.2, 0.25) is 0 Å². The summed E-state index contributed by atoms with van der Waals surface area (Å²) in [4.78, 5) is 61.5. The number of benzene rings is 6. The van der Waals surface area contributed by atoms with Gasteiger partial charge in [0.05, 0.1) is 25.2 Å². The molecule has 1 N–H and O–H groups in total. The minimum Gasteiger partial charge on any atom is -0.508 e. The van der Waals surface area contributed by atoms with Gasteiger partial charge in [-0.2, -0.15) is 19.2 Å². The molecular formula is C62H64N2O12. The molecule has 1 aliphatic carbocycles. The van der Waals surface area contributed by atoms with Crippen molar-refractivity contribution in [2.24, 2.45) is 0 Å². The van der Waals surface area contributed by atoms with Gasteiger partial charge in [-0.05, 0) is 187 Å². The van der Waals surface area contributed by atoms with Crippen molar-refractivity contribution in [1.82, 2.24) is 9.80 Å². The average Bonchev–Trinajstić information content (AvgIpc) is 4.31. The molecule has 0 radical (unpaired) electrons. The molecule has 2 saturated heterocycles. The molecule has 76 heavy (non-hydrogen) atoms. The predicted molar refractivity (Wildman–Crippen MR) is 290 cm³/mol. The first-order valence-electron chi connectivity index (χ1n) is 26.4. The van der Waals surface area contributed by atoms with E-state index in [1.807, 2.05) is 48.9 Å². The SMILES string of the molecule is CCCc1coc2ccc3cc(O)ccc3c12.CCCc1coc2ccc3cc(OCCN4CCCC4)ccc3c12.O=C1CCC(c2coc3ccc4cc(OCCN5CCCC5)ccc4c23)C(=O)C1.O=C=O.O=C=O. The number of phenolic OH excluding ortho intramolecular Hbond substituents is 1. The summed E-state index contributed by atoms with van der Waals surface area (Å²) >= 11 is 0. The highest BCUT2D eigenvalue weighted by Gasteiger charge is 2.31. The van der Waals surface area contributed by atoms with Crippen LogP contribution < -0.4 is 9.47 Å². The molecule has 0 bridgehead atoms. The summed E-state index contributed by atoms with van der Waals surface area (Å²) < 4.78 is 29.0. The number of hydrogen-bond acceptors (Lipinski definition) is 14. The highest BCUT2D eigenvalue weighted by molar-refractivity contribution is 6.12. The van der Waals surface area contributed by atoms with E-state index < -0.39 is 0 Å². The molecular weight excluding hydrogens is 965 g/mol. The lowest BCUT2D eigenvalue weighted by Gasteiger charge is -2.19. The third-order valence-corrected chi connectivity index (χ3v) is 14.4. The van der Waals surface area contributed by atoms with E-state index in [-0.39, 0.29) is 36.2 Å². The van der Waals surface area contributed by atoms with Crippen molar-refractivity contribution in [1.29, 1.82) is 0 Å². The Morgan fingerprint density at radius 2 is 1.00 bits per heavy atom. The lowest BCUT2D eigenvalue weighted by atomic mass is 9.81. The lowest BCUT2D eigenvalue weighted by molar-refractivity contribution is -0.193. The number of phenols is 1. The number of rotatable bonds is 13. The van der Waals surface area contributed by atoms with Crippen LogP contribution in [0.5, 0.6) is 17.2 Å². The fraction of sp³-hybridized carbons (Fsp3) is 0.355. The fourth-order valence-electron chi connectivity index (χ4n) is 10.8. The highest BCUT2D eigenvalue weighted by Crippen LogP contribution is 2.40. The molecule has 2 aliphatic heterocycles. The van der Waals surface area contributed by atoms with Crippen LogP contribution in [-0.2, 0) is 41.6 Å². The smallest absolute Gasteiger partial charge is 0.373 e. The zero-order valence-corrected chi connectivity index (χ0v) is 43.2. The van der Waals surface area contributed by atoms with E-state index in [0.717, 1.165) is 106 Å². The maximum atomic E-state index is 12.5. The van der Waals surface area contributed by atoms with Gasteiger partial charge in [-0.1, -0.05) is 44.9 Å². The first-order chi connectivity index (χ1) is 37.2. The number of aryl methyl sites for hydroxylation is 2. The van der Waals surface area contributed by atoms with Crippen LogP contribution in [0, 0.1) is 0 Å². The zero-order valence-electron chi connectivity index (χ0n) is 43.2. The normalized spacial score (nSPS) is 15.6. The van der Waals surface area contributed by atoms with Gasteiger partial charge < -0.3 is 27.8 Å². The molecule has 1 unspecified atom stereocenters. The second-order valence-corrected chi connectivity index (χ2v) is 19.4. The Hall–Kier alpha value is -7.86. The molecule has 1 saturated carbocycles. The summed E-state index contributed by atoms with van der Waals surface area (Å²) in [6.45, 7) is 12.6. The molecule has 0 amide bonds. The second-order valence-electron chi connectivity index (χ2n) is 19.4. The van der Waals surface area contributed by atoms with Crippen LogP contribution in [0.4, 0.5) is 0 Å². The number of hydrogen-bond donors (Lipinski definition) is 1. The van der Waals surface area contributed by atoms with Crippen molar-refractivity contribution in [2.75, 3.05) is 52.5 Å². The number of fused-ring (bicyclic) bond motifs is 9. The van der Waals surface area contributed by atoms with Gasteiger partial charge in [-0.3, -0.25) is 19.4 Å². The zero-order chi connectivity index (χ0) is 53.4. The van der Waals surface area contributed by atoms with Crippen molar-refractivity contribution in [3.63, 3.8) is 0 Å². The predicted octanol–water partition coefficient (Wildman–Crippen LogP) is 12.6. The van der Waals surface area contributed by atoms with Crippen molar-refractivity contribution < 1.29 is 56.6 Å². The maximum Gasteiger partial charge on any atom is 0.373 e. The van der Waals surface area contributed by atoms with E-state index >= 15 is 0 Å². The molecule has 1 atom stereocenters. The molecule has 14 heteroatoms. The molecule has 3 aromatic heterocycles. The van der Waals surface area contributed by atoms with Crippen LogP contribution in [0.1, 0.15) is 94.2 Å². The Morgan fingerprint density at radius 1 is 0.566 bits per heavy atom. The summed E-state index contributed by atoms with van der Waals surface area (Å²) in [7, 11) is 0. The first-order valence-corrected chi connectivity index (χ1v) is 26.4. The summed E-state index contributed by atoms with van der Waals surface area (Å²) in [6, 6.07) is 30.1. The van der Waals surface area contributed by atoms with Gasteiger partial charge >= 0.3 is 12.3 Å².